The molecule has 1 aliphatic heterocycles. The second-order valence-electron chi connectivity index (χ2n) is 6.39. The van der Waals surface area contributed by atoms with Gasteiger partial charge in [0.1, 0.15) is 0 Å². The highest BCUT2D eigenvalue weighted by molar-refractivity contribution is 7.89. The molecule has 1 aromatic carbocycles. The fourth-order valence-corrected chi connectivity index (χ4v) is 5.28. The minimum atomic E-state index is -3.53. The van der Waals surface area contributed by atoms with E-state index in [0.29, 0.717) is 31.1 Å². The van der Waals surface area contributed by atoms with E-state index in [4.69, 9.17) is 0 Å². The predicted octanol–water partition coefficient (Wildman–Crippen LogP) is 2.91. The van der Waals surface area contributed by atoms with Gasteiger partial charge in [-0.05, 0) is 59.5 Å². The summed E-state index contributed by atoms with van der Waals surface area (Å²) in [4.78, 5) is 14.3. The van der Waals surface area contributed by atoms with Gasteiger partial charge in [-0.25, -0.2) is 8.42 Å². The number of nitrogens with zero attached hydrogens (tertiary/aromatic N) is 2. The molecule has 1 amide bonds. The number of hydrogen-bond donors (Lipinski definition) is 0. The van der Waals surface area contributed by atoms with E-state index in [1.54, 1.807) is 41.4 Å². The Balaban J connectivity index is 1.66. The average Bonchev–Trinajstić information content (AvgIpc) is 3.15. The molecule has 26 heavy (non-hydrogen) atoms. The van der Waals surface area contributed by atoms with Crippen LogP contribution < -0.4 is 0 Å². The Bertz CT molecular complexity index is 910. The summed E-state index contributed by atoms with van der Waals surface area (Å²) in [6, 6.07) is 7.40. The Morgan fingerprint density at radius 3 is 2.50 bits per heavy atom. The first-order valence-electron chi connectivity index (χ1n) is 8.44. The Morgan fingerprint density at radius 2 is 1.85 bits per heavy atom. The number of rotatable bonds is 4. The van der Waals surface area contributed by atoms with Crippen LogP contribution in [0.5, 0.6) is 0 Å². The summed E-state index contributed by atoms with van der Waals surface area (Å²) < 4.78 is 27.3. The van der Waals surface area contributed by atoms with Crippen molar-refractivity contribution in [2.45, 2.75) is 18.7 Å². The summed E-state index contributed by atoms with van der Waals surface area (Å²) in [6.45, 7) is 5.12. The fourth-order valence-electron chi connectivity index (χ4n) is 2.92. The van der Waals surface area contributed by atoms with Gasteiger partial charge in [-0.1, -0.05) is 12.1 Å². The van der Waals surface area contributed by atoms with Gasteiger partial charge in [-0.2, -0.15) is 15.6 Å². The zero-order valence-corrected chi connectivity index (χ0v) is 16.5. The summed E-state index contributed by atoms with van der Waals surface area (Å²) in [6.07, 6.45) is 3.34. The number of hydrogen-bond acceptors (Lipinski definition) is 4. The molecular formula is C19H22N2O3S2. The van der Waals surface area contributed by atoms with Crippen LogP contribution in [0.25, 0.3) is 6.08 Å². The van der Waals surface area contributed by atoms with Crippen molar-refractivity contribution in [1.29, 1.82) is 0 Å². The zero-order chi connectivity index (χ0) is 18.7. The van der Waals surface area contributed by atoms with Gasteiger partial charge in [0, 0.05) is 32.3 Å². The van der Waals surface area contributed by atoms with Gasteiger partial charge in [-0.15, -0.1) is 0 Å². The number of piperazine rings is 1. The number of aryl methyl sites for hydroxylation is 2. The SMILES string of the molecule is Cc1ccc(C)c(S(=O)(=O)N2CCN(C(=O)C=Cc3ccsc3)CC2)c1. The molecule has 1 saturated heterocycles. The van der Waals surface area contributed by atoms with Crippen LogP contribution in [0.15, 0.2) is 46.0 Å². The number of thiophene rings is 1. The van der Waals surface area contributed by atoms with Gasteiger partial charge in [0.25, 0.3) is 0 Å². The van der Waals surface area contributed by atoms with Crippen LogP contribution in [-0.4, -0.2) is 49.7 Å². The lowest BCUT2D eigenvalue weighted by atomic mass is 10.2. The molecular weight excluding hydrogens is 368 g/mol. The number of amides is 1. The Morgan fingerprint density at radius 1 is 1.12 bits per heavy atom. The lowest BCUT2D eigenvalue weighted by Gasteiger charge is -2.33. The summed E-state index contributed by atoms with van der Waals surface area (Å²) in [7, 11) is -3.53. The third-order valence-corrected chi connectivity index (χ3v) is 7.22. The molecule has 3 rings (SSSR count). The van der Waals surface area contributed by atoms with Crippen molar-refractivity contribution in [2.75, 3.05) is 26.2 Å². The number of benzene rings is 1. The van der Waals surface area contributed by atoms with E-state index < -0.39 is 10.0 Å². The molecule has 5 nitrogen and oxygen atoms in total. The molecule has 1 aromatic heterocycles. The minimum absolute atomic E-state index is 0.0833. The Kier molecular flexibility index (Phi) is 5.60. The molecule has 0 N–H and O–H groups in total. The molecule has 0 spiro atoms. The van der Waals surface area contributed by atoms with Crippen molar-refractivity contribution in [3.8, 4) is 0 Å². The van der Waals surface area contributed by atoms with Crippen molar-refractivity contribution in [1.82, 2.24) is 9.21 Å². The average molecular weight is 391 g/mol. The van der Waals surface area contributed by atoms with Crippen LogP contribution in [-0.2, 0) is 14.8 Å². The Labute approximate surface area is 158 Å². The molecule has 0 unspecified atom stereocenters. The van der Waals surface area contributed by atoms with E-state index in [0.717, 1.165) is 16.7 Å². The highest BCUT2D eigenvalue weighted by atomic mass is 32.2. The van der Waals surface area contributed by atoms with Crippen LogP contribution in [0, 0.1) is 13.8 Å². The standard InChI is InChI=1S/C19H22N2O3S2/c1-15-3-4-16(2)18(13-15)26(23,24)21-10-8-20(9-11-21)19(22)6-5-17-7-12-25-14-17/h3-7,12-14H,8-11H2,1-2H3. The quantitative estimate of drug-likeness (QED) is 0.755. The largest absolute Gasteiger partial charge is 0.337 e. The van der Waals surface area contributed by atoms with Crippen molar-refractivity contribution >= 4 is 33.3 Å². The van der Waals surface area contributed by atoms with E-state index >= 15 is 0 Å². The van der Waals surface area contributed by atoms with Gasteiger partial charge < -0.3 is 4.90 Å². The van der Waals surface area contributed by atoms with E-state index in [9.17, 15) is 13.2 Å². The molecule has 2 aromatic rings. The van der Waals surface area contributed by atoms with Crippen molar-refractivity contribution in [3.05, 3.63) is 57.8 Å². The second-order valence-corrected chi connectivity index (χ2v) is 9.07. The third-order valence-electron chi connectivity index (χ3n) is 4.47. The molecule has 1 aliphatic rings. The van der Waals surface area contributed by atoms with E-state index in [1.807, 2.05) is 35.9 Å². The molecule has 1 fully saturated rings. The van der Waals surface area contributed by atoms with Crippen LogP contribution >= 0.6 is 11.3 Å². The summed E-state index contributed by atoms with van der Waals surface area (Å²) >= 11 is 1.58. The molecule has 7 heteroatoms. The monoisotopic (exact) mass is 390 g/mol. The van der Waals surface area contributed by atoms with Crippen molar-refractivity contribution in [3.63, 3.8) is 0 Å². The highest BCUT2D eigenvalue weighted by Gasteiger charge is 2.30. The van der Waals surface area contributed by atoms with E-state index in [2.05, 4.69) is 0 Å². The van der Waals surface area contributed by atoms with Crippen LogP contribution in [0.4, 0.5) is 0 Å². The Hall–Kier alpha value is -1.96. The number of sulfonamides is 1. The van der Waals surface area contributed by atoms with Gasteiger partial charge >= 0.3 is 0 Å². The van der Waals surface area contributed by atoms with Gasteiger partial charge in [0.2, 0.25) is 15.9 Å². The van der Waals surface area contributed by atoms with E-state index in [1.165, 1.54) is 4.31 Å². The maximum Gasteiger partial charge on any atom is 0.246 e. The first-order chi connectivity index (χ1) is 12.4. The third kappa shape index (κ3) is 4.06. The maximum absolute atomic E-state index is 12.9. The van der Waals surface area contributed by atoms with Gasteiger partial charge in [0.05, 0.1) is 4.90 Å². The van der Waals surface area contributed by atoms with Crippen molar-refractivity contribution < 1.29 is 13.2 Å². The number of carbonyl (C=O) groups excluding carboxylic acids is 1. The molecule has 0 atom stereocenters. The van der Waals surface area contributed by atoms with Crippen LogP contribution in [0.2, 0.25) is 0 Å². The smallest absolute Gasteiger partial charge is 0.246 e. The van der Waals surface area contributed by atoms with Gasteiger partial charge in [-0.3, -0.25) is 4.79 Å². The van der Waals surface area contributed by atoms with Gasteiger partial charge in [0.15, 0.2) is 0 Å². The normalized spacial score (nSPS) is 16.3. The topological polar surface area (TPSA) is 57.7 Å². The molecule has 0 radical (unpaired) electrons. The minimum Gasteiger partial charge on any atom is -0.337 e. The lowest BCUT2D eigenvalue weighted by Crippen LogP contribution is -2.50. The summed E-state index contributed by atoms with van der Waals surface area (Å²) in [5.41, 5.74) is 2.66. The summed E-state index contributed by atoms with van der Waals surface area (Å²) in [5.74, 6) is -0.0833. The fraction of sp³-hybridized carbons (Fsp3) is 0.316. The highest BCUT2D eigenvalue weighted by Crippen LogP contribution is 2.22. The molecule has 0 bridgehead atoms. The molecule has 138 valence electrons. The van der Waals surface area contributed by atoms with Crippen molar-refractivity contribution in [2.24, 2.45) is 0 Å². The van der Waals surface area contributed by atoms with Crippen LogP contribution in [0.3, 0.4) is 0 Å². The van der Waals surface area contributed by atoms with Crippen LogP contribution in [0.1, 0.15) is 16.7 Å². The predicted molar refractivity (Wildman–Crippen MR) is 105 cm³/mol. The molecule has 2 heterocycles. The first kappa shape index (κ1) is 18.8. The number of carbonyl (C=O) groups is 1. The maximum atomic E-state index is 12.9. The lowest BCUT2D eigenvalue weighted by molar-refractivity contribution is -0.127. The molecule has 0 aliphatic carbocycles. The van der Waals surface area contributed by atoms with E-state index in [-0.39, 0.29) is 5.91 Å². The molecule has 0 saturated carbocycles. The first-order valence-corrected chi connectivity index (χ1v) is 10.8. The zero-order valence-electron chi connectivity index (χ0n) is 14.9. The second kappa shape index (κ2) is 7.73. The summed E-state index contributed by atoms with van der Waals surface area (Å²) in [5, 5.41) is 3.93.